The first-order valence-electron chi connectivity index (χ1n) is 6.17. The molecule has 98 valence electrons. The van der Waals surface area contributed by atoms with E-state index in [-0.39, 0.29) is 6.79 Å². The quantitative estimate of drug-likeness (QED) is 0.391. The number of unbranched alkanes of at least 4 members (excludes halogenated alkanes) is 4. The Morgan fingerprint density at radius 3 is 1.69 bits per heavy atom. The molecule has 0 heterocycles. The number of aliphatic hydroxyl groups excluding tert-OH is 1. The number of methoxy groups -OCH3 is 1. The van der Waals surface area contributed by atoms with Crippen LogP contribution >= 0.6 is 0 Å². The van der Waals surface area contributed by atoms with Gasteiger partial charge in [0.05, 0.1) is 0 Å². The molecule has 0 aliphatic rings. The van der Waals surface area contributed by atoms with Crippen LogP contribution in [0.5, 0.6) is 0 Å². The third-order valence-electron chi connectivity index (χ3n) is 2.31. The molecule has 0 aromatic rings. The number of ether oxygens (including phenoxy) is 3. The van der Waals surface area contributed by atoms with Crippen LogP contribution in [0.15, 0.2) is 0 Å². The van der Waals surface area contributed by atoms with Crippen molar-refractivity contribution < 1.29 is 19.3 Å². The highest BCUT2D eigenvalue weighted by atomic mass is 16.6. The van der Waals surface area contributed by atoms with Crippen LogP contribution in [0.1, 0.15) is 38.5 Å². The van der Waals surface area contributed by atoms with E-state index >= 15 is 0 Å². The van der Waals surface area contributed by atoms with Crippen molar-refractivity contribution in [2.45, 2.75) is 38.5 Å². The molecule has 0 aliphatic heterocycles. The van der Waals surface area contributed by atoms with Crippen molar-refractivity contribution in [2.24, 2.45) is 0 Å². The van der Waals surface area contributed by atoms with Crippen molar-refractivity contribution in [3.63, 3.8) is 0 Å². The van der Waals surface area contributed by atoms with Crippen LogP contribution < -0.4 is 0 Å². The minimum atomic E-state index is -0.169. The molecule has 0 rings (SSSR count). The summed E-state index contributed by atoms with van der Waals surface area (Å²) in [7, 11) is 1.73. The summed E-state index contributed by atoms with van der Waals surface area (Å²) in [5, 5.41) is 8.37. The maximum Gasteiger partial charge on any atom is 0.143 e. The number of hydrogen-bond acceptors (Lipinski definition) is 4. The second-order valence-electron chi connectivity index (χ2n) is 3.76. The maximum atomic E-state index is 8.37. The van der Waals surface area contributed by atoms with E-state index in [1.54, 1.807) is 7.11 Å². The molecule has 0 aromatic carbocycles. The lowest BCUT2D eigenvalue weighted by atomic mass is 10.2. The maximum absolute atomic E-state index is 8.37. The normalized spacial score (nSPS) is 10.9. The van der Waals surface area contributed by atoms with Crippen molar-refractivity contribution in [2.75, 3.05) is 40.3 Å². The average molecular weight is 234 g/mol. The lowest BCUT2D eigenvalue weighted by Crippen LogP contribution is -2.00. The third kappa shape index (κ3) is 13.8. The highest BCUT2D eigenvalue weighted by Gasteiger charge is 1.92. The van der Waals surface area contributed by atoms with E-state index in [0.717, 1.165) is 51.9 Å². The van der Waals surface area contributed by atoms with Gasteiger partial charge in [-0.05, 0) is 38.5 Å². The molecule has 0 radical (unpaired) electrons. The third-order valence-corrected chi connectivity index (χ3v) is 2.31. The summed E-state index contributed by atoms with van der Waals surface area (Å²) in [6.45, 7) is 3.02. The summed E-state index contributed by atoms with van der Waals surface area (Å²) >= 11 is 0. The molecule has 0 bridgehead atoms. The largest absolute Gasteiger partial charge is 0.385 e. The van der Waals surface area contributed by atoms with E-state index < -0.39 is 0 Å². The average Bonchev–Trinajstić information content (AvgIpc) is 2.31. The minimum absolute atomic E-state index is 0.169. The van der Waals surface area contributed by atoms with E-state index in [4.69, 9.17) is 19.3 Å². The Kier molecular flexibility index (Phi) is 14.7. The number of aliphatic hydroxyl groups is 1. The summed E-state index contributed by atoms with van der Waals surface area (Å²) in [5.41, 5.74) is 0. The van der Waals surface area contributed by atoms with Gasteiger partial charge in [0, 0.05) is 33.5 Å². The molecule has 0 saturated heterocycles. The molecule has 0 fully saturated rings. The van der Waals surface area contributed by atoms with Crippen molar-refractivity contribution in [3.05, 3.63) is 0 Å². The zero-order valence-electron chi connectivity index (χ0n) is 10.5. The first kappa shape index (κ1) is 15.8. The molecule has 0 unspecified atom stereocenters. The van der Waals surface area contributed by atoms with Gasteiger partial charge in [0.1, 0.15) is 6.79 Å². The molecule has 0 spiro atoms. The molecule has 4 nitrogen and oxygen atoms in total. The van der Waals surface area contributed by atoms with E-state index in [1.165, 1.54) is 6.42 Å². The van der Waals surface area contributed by atoms with Crippen molar-refractivity contribution >= 4 is 0 Å². The van der Waals surface area contributed by atoms with Crippen LogP contribution in [0.25, 0.3) is 0 Å². The fraction of sp³-hybridized carbons (Fsp3) is 1.00. The van der Waals surface area contributed by atoms with Crippen molar-refractivity contribution in [1.82, 2.24) is 0 Å². The minimum Gasteiger partial charge on any atom is -0.385 e. The topological polar surface area (TPSA) is 47.9 Å². The molecule has 0 amide bonds. The fourth-order valence-electron chi connectivity index (χ4n) is 1.38. The SMILES string of the molecule is COCCCCCOCCCCCOCO. The van der Waals surface area contributed by atoms with Gasteiger partial charge in [0.2, 0.25) is 0 Å². The highest BCUT2D eigenvalue weighted by Crippen LogP contribution is 1.99. The van der Waals surface area contributed by atoms with Crippen LogP contribution in [0.4, 0.5) is 0 Å². The summed E-state index contributed by atoms with van der Waals surface area (Å²) < 4.78 is 15.3. The molecule has 0 aliphatic carbocycles. The Morgan fingerprint density at radius 1 is 0.688 bits per heavy atom. The first-order chi connectivity index (χ1) is 7.91. The van der Waals surface area contributed by atoms with Gasteiger partial charge in [0.15, 0.2) is 0 Å². The molecular formula is C12H26O4. The standard InChI is InChI=1S/C12H26O4/c1-14-8-4-2-5-9-15-10-6-3-7-11-16-12-13/h13H,2-12H2,1H3. The van der Waals surface area contributed by atoms with Gasteiger partial charge in [-0.2, -0.15) is 0 Å². The molecule has 1 N–H and O–H groups in total. The Balaban J connectivity index is 2.83. The fourth-order valence-corrected chi connectivity index (χ4v) is 1.38. The predicted molar refractivity (Wildman–Crippen MR) is 63.4 cm³/mol. The molecule has 0 aromatic heterocycles. The van der Waals surface area contributed by atoms with Gasteiger partial charge < -0.3 is 19.3 Å². The summed E-state index contributed by atoms with van der Waals surface area (Å²) in [5.74, 6) is 0. The first-order valence-corrected chi connectivity index (χ1v) is 6.17. The van der Waals surface area contributed by atoms with E-state index in [9.17, 15) is 0 Å². The molecule has 0 atom stereocenters. The van der Waals surface area contributed by atoms with Gasteiger partial charge >= 0.3 is 0 Å². The van der Waals surface area contributed by atoms with E-state index in [2.05, 4.69) is 0 Å². The van der Waals surface area contributed by atoms with Crippen molar-refractivity contribution in [3.8, 4) is 0 Å². The second kappa shape index (κ2) is 14.8. The molecular weight excluding hydrogens is 208 g/mol. The molecule has 16 heavy (non-hydrogen) atoms. The zero-order chi connectivity index (χ0) is 11.9. The second-order valence-corrected chi connectivity index (χ2v) is 3.76. The van der Waals surface area contributed by atoms with E-state index in [0.29, 0.717) is 6.61 Å². The number of rotatable bonds is 13. The summed E-state index contributed by atoms with van der Waals surface area (Å²) in [4.78, 5) is 0. The van der Waals surface area contributed by atoms with Crippen LogP contribution in [0, 0.1) is 0 Å². The lowest BCUT2D eigenvalue weighted by Gasteiger charge is -2.04. The van der Waals surface area contributed by atoms with Gasteiger partial charge in [-0.1, -0.05) is 0 Å². The smallest absolute Gasteiger partial charge is 0.143 e. The Labute approximate surface area is 98.9 Å². The van der Waals surface area contributed by atoms with Gasteiger partial charge in [-0.3, -0.25) is 0 Å². The Bertz CT molecular complexity index is 106. The van der Waals surface area contributed by atoms with Crippen LogP contribution in [0.3, 0.4) is 0 Å². The molecule has 0 saturated carbocycles. The van der Waals surface area contributed by atoms with Crippen LogP contribution in [-0.2, 0) is 14.2 Å². The highest BCUT2D eigenvalue weighted by molar-refractivity contribution is 4.42. The lowest BCUT2D eigenvalue weighted by molar-refractivity contribution is -0.00336. The van der Waals surface area contributed by atoms with E-state index in [1.807, 2.05) is 0 Å². The monoisotopic (exact) mass is 234 g/mol. The summed E-state index contributed by atoms with van der Waals surface area (Å²) in [6, 6.07) is 0. The molecule has 4 heteroatoms. The van der Waals surface area contributed by atoms with Gasteiger partial charge in [-0.25, -0.2) is 0 Å². The van der Waals surface area contributed by atoms with Crippen LogP contribution in [0.2, 0.25) is 0 Å². The Hall–Kier alpha value is -0.160. The predicted octanol–water partition coefficient (Wildman–Crippen LogP) is 1.96. The zero-order valence-corrected chi connectivity index (χ0v) is 10.5. The summed E-state index contributed by atoms with van der Waals surface area (Å²) in [6.07, 6.45) is 6.60. The van der Waals surface area contributed by atoms with Crippen LogP contribution in [-0.4, -0.2) is 45.4 Å². The van der Waals surface area contributed by atoms with Crippen molar-refractivity contribution in [1.29, 1.82) is 0 Å². The van der Waals surface area contributed by atoms with Gasteiger partial charge in [0.25, 0.3) is 0 Å². The van der Waals surface area contributed by atoms with Gasteiger partial charge in [-0.15, -0.1) is 0 Å². The Morgan fingerprint density at radius 2 is 1.19 bits per heavy atom. The number of hydrogen-bond donors (Lipinski definition) is 1.